The van der Waals surface area contributed by atoms with Crippen molar-refractivity contribution in [1.29, 1.82) is 0 Å². The molecule has 3 N–H and O–H groups in total. The van der Waals surface area contributed by atoms with E-state index in [1.54, 1.807) is 6.20 Å². The van der Waals surface area contributed by atoms with Gasteiger partial charge in [-0.05, 0) is 109 Å². The van der Waals surface area contributed by atoms with E-state index in [-0.39, 0.29) is 17.9 Å². The third kappa shape index (κ3) is 6.86. The maximum Gasteiger partial charge on any atom is 0.175 e. The van der Waals surface area contributed by atoms with E-state index in [1.807, 2.05) is 36.6 Å². The van der Waals surface area contributed by atoms with Crippen LogP contribution in [0.25, 0.3) is 82.5 Å². The van der Waals surface area contributed by atoms with E-state index in [9.17, 15) is 0 Å². The molecule has 3 aliphatic rings. The molecular formula is C61H47N7O. The normalized spacial score (nSPS) is 18.7. The first kappa shape index (κ1) is 40.5. The van der Waals surface area contributed by atoms with E-state index in [0.29, 0.717) is 30.3 Å². The third-order valence-electron chi connectivity index (χ3n) is 14.1. The molecule has 5 heterocycles. The highest BCUT2D eigenvalue weighted by Crippen LogP contribution is 2.49. The Morgan fingerprint density at radius 3 is 2.00 bits per heavy atom. The standard InChI is InChI=1S/C61H47N7O/c62-60(66-61(50-27-15-17-35-64-50)65-38-42-22-14-16-34-63-42)41-36-48(39-18-4-1-5-19-39)57(49(37-41)40-20-6-2-7-21-40)68-52-29-13-11-26-47(52)56-54(68)33-31-45-44-30-32-53-55(58(44)69-59(45)56)46-25-10-12-28-51(46)67(53)43-23-8-3-9-24-43/h1-20,22-36,40,42,49,63H,21,37-38H2,(H2,62,65,66). The number of nitrogens with one attached hydrogen (secondary N) is 1. The SMILES string of the molecule is NC(=NC(=NCC1C=CC=CN1)c1ccccn1)C1=CC(c2ccccc2)=C(n2c3ccccc3c3c4oc5c(ccc6c5c5ccccc5n6-c5ccccc5)c4ccc32)C(C2C=CC=CC2)C1. The first-order valence-corrected chi connectivity index (χ1v) is 23.8. The van der Waals surface area contributed by atoms with Crippen LogP contribution in [0.15, 0.2) is 233 Å². The zero-order valence-corrected chi connectivity index (χ0v) is 37.8. The minimum atomic E-state index is 0.0166. The van der Waals surface area contributed by atoms with Crippen molar-refractivity contribution in [3.63, 3.8) is 0 Å². The van der Waals surface area contributed by atoms with E-state index < -0.39 is 0 Å². The number of amidine groups is 2. The summed E-state index contributed by atoms with van der Waals surface area (Å²) in [5.74, 6) is 1.14. The summed E-state index contributed by atoms with van der Waals surface area (Å²) in [7, 11) is 0. The second-order valence-corrected chi connectivity index (χ2v) is 18.1. The summed E-state index contributed by atoms with van der Waals surface area (Å²) in [6.07, 6.45) is 22.7. The van der Waals surface area contributed by atoms with Crippen molar-refractivity contribution in [2.75, 3.05) is 6.54 Å². The van der Waals surface area contributed by atoms with Crippen LogP contribution in [-0.2, 0) is 0 Å². The summed E-state index contributed by atoms with van der Waals surface area (Å²) in [6, 6.07) is 53.7. The zero-order chi connectivity index (χ0) is 45.8. The number of nitrogens with zero attached hydrogens (tertiary/aromatic N) is 5. The van der Waals surface area contributed by atoms with E-state index in [1.165, 1.54) is 5.70 Å². The van der Waals surface area contributed by atoms with Crippen molar-refractivity contribution in [2.45, 2.75) is 18.9 Å². The number of para-hydroxylation sites is 3. The molecule has 3 unspecified atom stereocenters. The number of benzene rings is 6. The van der Waals surface area contributed by atoms with Crippen molar-refractivity contribution >= 4 is 88.5 Å². The number of pyridine rings is 1. The molecular weight excluding hydrogens is 847 g/mol. The summed E-state index contributed by atoms with van der Waals surface area (Å²) in [5.41, 5.74) is 19.7. The Balaban J connectivity index is 1.05. The van der Waals surface area contributed by atoms with Gasteiger partial charge in [-0.1, -0.05) is 127 Å². The van der Waals surface area contributed by atoms with Gasteiger partial charge in [-0.25, -0.2) is 4.99 Å². The lowest BCUT2D eigenvalue weighted by atomic mass is 9.74. The molecule has 3 atom stereocenters. The Morgan fingerprint density at radius 2 is 1.32 bits per heavy atom. The van der Waals surface area contributed by atoms with Gasteiger partial charge in [0.15, 0.2) is 5.84 Å². The number of nitrogens with two attached hydrogens (primary N) is 1. The first-order valence-electron chi connectivity index (χ1n) is 23.8. The van der Waals surface area contributed by atoms with Crippen LogP contribution in [0.2, 0.25) is 0 Å². The quantitative estimate of drug-likeness (QED) is 0.117. The highest BCUT2D eigenvalue weighted by Gasteiger charge is 2.35. The van der Waals surface area contributed by atoms with Crippen LogP contribution in [0.1, 0.15) is 24.1 Å². The molecule has 13 rings (SSSR count). The second-order valence-electron chi connectivity index (χ2n) is 18.1. The third-order valence-corrected chi connectivity index (χ3v) is 14.1. The smallest absolute Gasteiger partial charge is 0.175 e. The van der Waals surface area contributed by atoms with Crippen LogP contribution >= 0.6 is 0 Å². The number of hydrogen-bond acceptors (Lipinski definition) is 4. The van der Waals surface area contributed by atoms with Gasteiger partial charge in [-0.15, -0.1) is 0 Å². The minimum Gasteiger partial charge on any atom is -0.455 e. The molecule has 0 fully saturated rings. The number of aromatic nitrogens is 3. The molecule has 2 aliphatic carbocycles. The highest BCUT2D eigenvalue weighted by molar-refractivity contribution is 6.29. The average Bonchev–Trinajstić information content (AvgIpc) is 4.08. The fraction of sp³-hybridized carbons (Fsp3) is 0.0984. The van der Waals surface area contributed by atoms with Gasteiger partial charge in [-0.3, -0.25) is 9.98 Å². The lowest BCUT2D eigenvalue weighted by Gasteiger charge is -2.35. The van der Waals surface area contributed by atoms with Gasteiger partial charge in [0, 0.05) is 50.6 Å². The number of hydrogen-bond donors (Lipinski definition) is 2. The van der Waals surface area contributed by atoms with Crippen LogP contribution in [0, 0.1) is 11.8 Å². The number of rotatable bonds is 8. The van der Waals surface area contributed by atoms with Crippen LogP contribution in [0.5, 0.6) is 0 Å². The van der Waals surface area contributed by atoms with Gasteiger partial charge >= 0.3 is 0 Å². The molecule has 6 aromatic carbocycles. The molecule has 0 saturated heterocycles. The Bertz CT molecular complexity index is 3910. The van der Waals surface area contributed by atoms with Gasteiger partial charge in [0.2, 0.25) is 0 Å². The lowest BCUT2D eigenvalue weighted by Crippen LogP contribution is -2.29. The van der Waals surface area contributed by atoms with Crippen LogP contribution in [0.3, 0.4) is 0 Å². The summed E-state index contributed by atoms with van der Waals surface area (Å²) in [6.45, 7) is 0.484. The monoisotopic (exact) mass is 893 g/mol. The molecule has 10 aromatic rings. The van der Waals surface area contributed by atoms with Crippen LogP contribution in [-0.4, -0.2) is 38.4 Å². The summed E-state index contributed by atoms with van der Waals surface area (Å²) in [5, 5.41) is 10.1. The van der Waals surface area contributed by atoms with E-state index in [4.69, 9.17) is 20.1 Å². The molecule has 69 heavy (non-hydrogen) atoms. The number of allylic oxidation sites excluding steroid dienone is 9. The minimum absolute atomic E-state index is 0.0166. The maximum atomic E-state index is 7.35. The van der Waals surface area contributed by atoms with Gasteiger partial charge in [0.1, 0.15) is 22.7 Å². The second kappa shape index (κ2) is 16.8. The van der Waals surface area contributed by atoms with Gasteiger partial charge in [-0.2, -0.15) is 0 Å². The maximum absolute atomic E-state index is 7.35. The molecule has 8 heteroatoms. The first-order chi connectivity index (χ1) is 34.2. The predicted octanol–water partition coefficient (Wildman–Crippen LogP) is 13.5. The van der Waals surface area contributed by atoms with E-state index in [0.717, 1.165) is 94.4 Å². The molecule has 0 saturated carbocycles. The lowest BCUT2D eigenvalue weighted by molar-refractivity contribution is 0.476. The Morgan fingerprint density at radius 1 is 0.652 bits per heavy atom. The molecule has 0 amide bonds. The molecule has 8 nitrogen and oxygen atoms in total. The van der Waals surface area contributed by atoms with E-state index in [2.05, 4.69) is 189 Å². The van der Waals surface area contributed by atoms with E-state index >= 15 is 0 Å². The average molecular weight is 894 g/mol. The number of dihydropyridines is 1. The Hall–Kier alpha value is -8.75. The van der Waals surface area contributed by atoms with Crippen molar-refractivity contribution in [1.82, 2.24) is 19.4 Å². The summed E-state index contributed by atoms with van der Waals surface area (Å²) < 4.78 is 12.2. The fourth-order valence-corrected chi connectivity index (χ4v) is 11.0. The van der Waals surface area contributed by atoms with Gasteiger partial charge in [0.05, 0.1) is 45.4 Å². The van der Waals surface area contributed by atoms with Crippen molar-refractivity contribution in [3.8, 4) is 5.69 Å². The number of aliphatic imine (C=N–C) groups is 2. The Kier molecular flexibility index (Phi) is 9.89. The number of furan rings is 1. The van der Waals surface area contributed by atoms with Gasteiger partial charge in [0.25, 0.3) is 0 Å². The molecule has 0 spiro atoms. The predicted molar refractivity (Wildman–Crippen MR) is 286 cm³/mol. The zero-order valence-electron chi connectivity index (χ0n) is 37.8. The Labute approximate surface area is 398 Å². The largest absolute Gasteiger partial charge is 0.455 e. The van der Waals surface area contributed by atoms with Crippen molar-refractivity contribution in [2.24, 2.45) is 27.6 Å². The molecule has 332 valence electrons. The van der Waals surface area contributed by atoms with Crippen LogP contribution in [0.4, 0.5) is 0 Å². The molecule has 1 aliphatic heterocycles. The molecule has 0 bridgehead atoms. The van der Waals surface area contributed by atoms with Crippen molar-refractivity contribution < 1.29 is 4.42 Å². The molecule has 0 radical (unpaired) electrons. The number of fused-ring (bicyclic) bond motifs is 11. The summed E-state index contributed by atoms with van der Waals surface area (Å²) >= 11 is 0. The van der Waals surface area contributed by atoms with Gasteiger partial charge < -0.3 is 24.6 Å². The highest BCUT2D eigenvalue weighted by atomic mass is 16.3. The fourth-order valence-electron chi connectivity index (χ4n) is 11.0. The van der Waals surface area contributed by atoms with Crippen molar-refractivity contribution in [3.05, 3.63) is 229 Å². The van der Waals surface area contributed by atoms with Crippen LogP contribution < -0.4 is 11.1 Å². The summed E-state index contributed by atoms with van der Waals surface area (Å²) in [4.78, 5) is 14.8. The topological polar surface area (TPSA) is 98.7 Å². The molecule has 4 aromatic heterocycles.